The van der Waals surface area contributed by atoms with Gasteiger partial charge in [0, 0.05) is 29.5 Å². The molecule has 0 saturated heterocycles. The van der Waals surface area contributed by atoms with Gasteiger partial charge in [0.2, 0.25) is 11.8 Å². The lowest BCUT2D eigenvalue weighted by Crippen LogP contribution is -2.55. The highest BCUT2D eigenvalue weighted by Gasteiger charge is 2.35. The summed E-state index contributed by atoms with van der Waals surface area (Å²) >= 11 is 3.53. The number of nitrogens with one attached hydrogen (secondary N) is 1. The first kappa shape index (κ1) is 35.2. The maximum atomic E-state index is 14.7. The van der Waals surface area contributed by atoms with Crippen LogP contribution in [0.15, 0.2) is 112 Å². The maximum Gasteiger partial charge on any atom is 0.264 e. The number of ether oxygens (including phenoxy) is 1. The van der Waals surface area contributed by atoms with Gasteiger partial charge >= 0.3 is 0 Å². The molecular weight excluding hydrogens is 690 g/mol. The molecule has 5 rings (SSSR count). The van der Waals surface area contributed by atoms with E-state index in [2.05, 4.69) is 21.2 Å². The average molecular weight is 733 g/mol. The zero-order valence-corrected chi connectivity index (χ0v) is 29.8. The zero-order chi connectivity index (χ0) is 34.1. The van der Waals surface area contributed by atoms with Crippen LogP contribution >= 0.6 is 15.9 Å². The quantitative estimate of drug-likeness (QED) is 0.159. The Labute approximate surface area is 292 Å². The van der Waals surface area contributed by atoms with E-state index in [1.54, 1.807) is 36.4 Å². The second-order valence-corrected chi connectivity index (χ2v) is 15.0. The van der Waals surface area contributed by atoms with Crippen molar-refractivity contribution in [1.82, 2.24) is 10.2 Å². The molecule has 4 aromatic carbocycles. The van der Waals surface area contributed by atoms with E-state index in [0.29, 0.717) is 5.75 Å². The summed E-state index contributed by atoms with van der Waals surface area (Å²) in [5, 5.41) is 3.24. The summed E-state index contributed by atoms with van der Waals surface area (Å²) in [6.07, 6.45) is 5.28. The van der Waals surface area contributed by atoms with Gasteiger partial charge in [-0.15, -0.1) is 0 Å². The molecule has 0 radical (unpaired) electrons. The van der Waals surface area contributed by atoms with Gasteiger partial charge in [-0.25, -0.2) is 8.42 Å². The number of carbonyl (C=O) groups excluding carboxylic acids is 2. The van der Waals surface area contributed by atoms with Gasteiger partial charge in [-0.3, -0.25) is 13.9 Å². The molecule has 0 bridgehead atoms. The molecule has 2 amide bonds. The van der Waals surface area contributed by atoms with E-state index in [1.165, 1.54) is 24.1 Å². The Morgan fingerprint density at radius 3 is 2.25 bits per heavy atom. The summed E-state index contributed by atoms with van der Waals surface area (Å²) in [6.45, 7) is 1.45. The molecule has 10 heteroatoms. The van der Waals surface area contributed by atoms with Crippen LogP contribution < -0.4 is 14.4 Å². The van der Waals surface area contributed by atoms with Crippen LogP contribution in [-0.2, 0) is 32.6 Å². The summed E-state index contributed by atoms with van der Waals surface area (Å²) in [4.78, 5) is 30.6. The first-order valence-electron chi connectivity index (χ1n) is 16.3. The molecule has 0 aromatic heterocycles. The highest BCUT2D eigenvalue weighted by Crippen LogP contribution is 2.28. The Kier molecular flexibility index (Phi) is 11.9. The Balaban J connectivity index is 1.57. The topological polar surface area (TPSA) is 96.0 Å². The van der Waals surface area contributed by atoms with E-state index < -0.39 is 28.5 Å². The molecule has 0 spiro atoms. The third-order valence-corrected chi connectivity index (χ3v) is 11.0. The summed E-state index contributed by atoms with van der Waals surface area (Å²) in [5.74, 6) is -0.305. The fourth-order valence-electron chi connectivity index (χ4n) is 6.06. The van der Waals surface area contributed by atoms with Crippen molar-refractivity contribution in [2.45, 2.75) is 69.0 Å². The molecule has 48 heavy (non-hydrogen) atoms. The number of hydrogen-bond donors (Lipinski definition) is 1. The second kappa shape index (κ2) is 16.3. The summed E-state index contributed by atoms with van der Waals surface area (Å²) in [5.41, 5.74) is 2.88. The Bertz CT molecular complexity index is 1790. The van der Waals surface area contributed by atoms with Crippen LogP contribution in [0, 0.1) is 6.92 Å². The van der Waals surface area contributed by atoms with Gasteiger partial charge in [0.05, 0.1) is 17.7 Å². The number of aryl methyl sites for hydroxylation is 1. The largest absolute Gasteiger partial charge is 0.497 e. The summed E-state index contributed by atoms with van der Waals surface area (Å²) in [6, 6.07) is 29.5. The number of benzene rings is 4. The molecule has 0 heterocycles. The van der Waals surface area contributed by atoms with Crippen LogP contribution in [0.25, 0.3) is 0 Å². The maximum absolute atomic E-state index is 14.7. The van der Waals surface area contributed by atoms with Crippen LogP contribution in [0.5, 0.6) is 5.75 Å². The summed E-state index contributed by atoms with van der Waals surface area (Å²) in [7, 11) is -2.71. The molecule has 252 valence electrons. The Hall–Kier alpha value is -4.15. The molecule has 1 fully saturated rings. The first-order chi connectivity index (χ1) is 23.1. The zero-order valence-electron chi connectivity index (χ0n) is 27.3. The second-order valence-electron chi connectivity index (χ2n) is 12.2. The van der Waals surface area contributed by atoms with Gasteiger partial charge < -0.3 is 15.0 Å². The van der Waals surface area contributed by atoms with E-state index in [1.807, 2.05) is 61.5 Å². The van der Waals surface area contributed by atoms with Gasteiger partial charge in [-0.2, -0.15) is 0 Å². The highest BCUT2D eigenvalue weighted by atomic mass is 79.9. The van der Waals surface area contributed by atoms with Crippen molar-refractivity contribution in [1.29, 1.82) is 0 Å². The minimum Gasteiger partial charge on any atom is -0.497 e. The molecule has 1 unspecified atom stereocenters. The Morgan fingerprint density at radius 1 is 0.875 bits per heavy atom. The molecular formula is C38H42BrN3O5S. The van der Waals surface area contributed by atoms with Crippen molar-refractivity contribution in [3.05, 3.63) is 124 Å². The van der Waals surface area contributed by atoms with E-state index in [0.717, 1.165) is 57.6 Å². The Morgan fingerprint density at radius 2 is 1.56 bits per heavy atom. The van der Waals surface area contributed by atoms with E-state index in [4.69, 9.17) is 4.74 Å². The SMILES string of the molecule is COc1cccc(N(CC(=O)N(Cc2cccc(Br)c2)C(Cc2ccccc2)C(=O)NC2CCCCC2)S(=O)(=O)c2ccc(C)cc2)c1. The lowest BCUT2D eigenvalue weighted by Gasteiger charge is -2.35. The molecule has 1 atom stereocenters. The van der Waals surface area contributed by atoms with Crippen molar-refractivity contribution < 1.29 is 22.7 Å². The molecule has 1 N–H and O–H groups in total. The molecule has 8 nitrogen and oxygen atoms in total. The molecule has 1 aliphatic rings. The van der Waals surface area contributed by atoms with Crippen LogP contribution in [0.1, 0.15) is 48.8 Å². The fourth-order valence-corrected chi connectivity index (χ4v) is 7.91. The third kappa shape index (κ3) is 9.05. The van der Waals surface area contributed by atoms with Crippen molar-refractivity contribution in [2.75, 3.05) is 18.0 Å². The van der Waals surface area contributed by atoms with Gasteiger partial charge in [0.15, 0.2) is 0 Å². The smallest absolute Gasteiger partial charge is 0.264 e. The number of halogens is 1. The van der Waals surface area contributed by atoms with E-state index >= 15 is 0 Å². The fraction of sp³-hybridized carbons (Fsp3) is 0.316. The lowest BCUT2D eigenvalue weighted by molar-refractivity contribution is -0.140. The van der Waals surface area contributed by atoms with Crippen molar-refractivity contribution in [2.24, 2.45) is 0 Å². The van der Waals surface area contributed by atoms with Gasteiger partial charge in [-0.1, -0.05) is 101 Å². The molecule has 1 saturated carbocycles. The lowest BCUT2D eigenvalue weighted by atomic mass is 9.94. The predicted octanol–water partition coefficient (Wildman–Crippen LogP) is 7.05. The normalized spacial score (nSPS) is 14.1. The van der Waals surface area contributed by atoms with Crippen LogP contribution in [0.2, 0.25) is 0 Å². The van der Waals surface area contributed by atoms with Gasteiger partial charge in [0.1, 0.15) is 18.3 Å². The summed E-state index contributed by atoms with van der Waals surface area (Å²) < 4.78 is 35.9. The van der Waals surface area contributed by atoms with Crippen molar-refractivity contribution >= 4 is 43.5 Å². The van der Waals surface area contributed by atoms with Crippen molar-refractivity contribution in [3.63, 3.8) is 0 Å². The number of sulfonamides is 1. The molecule has 1 aliphatic carbocycles. The van der Waals surface area contributed by atoms with Gasteiger partial charge in [-0.05, 0) is 67.3 Å². The number of amides is 2. The van der Waals surface area contributed by atoms with Crippen LogP contribution in [-0.4, -0.2) is 50.9 Å². The van der Waals surface area contributed by atoms with E-state index in [9.17, 15) is 18.0 Å². The molecule has 0 aliphatic heterocycles. The van der Waals surface area contributed by atoms with E-state index in [-0.39, 0.29) is 35.5 Å². The number of rotatable bonds is 13. The number of carbonyl (C=O) groups is 2. The monoisotopic (exact) mass is 731 g/mol. The number of methoxy groups -OCH3 is 1. The van der Waals surface area contributed by atoms with Gasteiger partial charge in [0.25, 0.3) is 10.0 Å². The van der Waals surface area contributed by atoms with Crippen molar-refractivity contribution in [3.8, 4) is 5.75 Å². The average Bonchev–Trinajstić information content (AvgIpc) is 3.09. The number of nitrogens with zero attached hydrogens (tertiary/aromatic N) is 2. The standard InChI is InChI=1S/C38H42BrN3O5S/c1-28-19-21-35(22-20-28)48(45,46)42(33-17-10-18-34(25-33)47-2)27-37(43)41(26-30-13-9-14-31(39)23-30)36(24-29-11-5-3-6-12-29)38(44)40-32-15-7-4-8-16-32/h3,5-6,9-14,17-23,25,32,36H,4,7-8,15-16,24,26-27H2,1-2H3,(H,40,44). The van der Waals surface area contributed by atoms with Crippen LogP contribution in [0.3, 0.4) is 0 Å². The molecule has 4 aromatic rings. The predicted molar refractivity (Wildman–Crippen MR) is 192 cm³/mol. The first-order valence-corrected chi connectivity index (χ1v) is 18.5. The number of hydrogen-bond acceptors (Lipinski definition) is 5. The van der Waals surface area contributed by atoms with Crippen LogP contribution in [0.4, 0.5) is 5.69 Å². The highest BCUT2D eigenvalue weighted by molar-refractivity contribution is 9.10. The number of anilines is 1. The minimum absolute atomic E-state index is 0.0301. The minimum atomic E-state index is -4.21. The third-order valence-electron chi connectivity index (χ3n) is 8.69.